The van der Waals surface area contributed by atoms with Crippen LogP contribution >= 0.6 is 0 Å². The van der Waals surface area contributed by atoms with Gasteiger partial charge in [0.2, 0.25) is 0 Å². The molecule has 4 heterocycles. The van der Waals surface area contributed by atoms with Gasteiger partial charge in [0.1, 0.15) is 0 Å². The summed E-state index contributed by atoms with van der Waals surface area (Å²) in [5.41, 5.74) is 4.67. The molecular weight excluding hydrogens is 498 g/mol. The van der Waals surface area contributed by atoms with Crippen molar-refractivity contribution in [2.45, 2.75) is 45.6 Å². The van der Waals surface area contributed by atoms with Gasteiger partial charge in [-0.2, -0.15) is 0 Å². The van der Waals surface area contributed by atoms with E-state index in [9.17, 15) is 18.4 Å². The molecule has 0 unspecified atom stereocenters. The fourth-order valence-electron chi connectivity index (χ4n) is 6.41. The number of amides is 2. The number of aromatic amines is 1. The summed E-state index contributed by atoms with van der Waals surface area (Å²) in [6.45, 7) is 7.55. The minimum absolute atomic E-state index is 0.00423. The minimum Gasteiger partial charge on any atom is -0.358 e. The molecule has 0 radical (unpaired) electrons. The molecule has 39 heavy (non-hydrogen) atoms. The van der Waals surface area contributed by atoms with Gasteiger partial charge in [0.05, 0.1) is 11.1 Å². The van der Waals surface area contributed by atoms with Crippen LogP contribution in [0.5, 0.6) is 0 Å². The third-order valence-corrected chi connectivity index (χ3v) is 8.46. The molecule has 0 saturated carbocycles. The normalized spacial score (nSPS) is 19.1. The van der Waals surface area contributed by atoms with E-state index < -0.39 is 11.6 Å². The zero-order valence-corrected chi connectivity index (χ0v) is 22.2. The van der Waals surface area contributed by atoms with Gasteiger partial charge in [0, 0.05) is 47.3 Å². The van der Waals surface area contributed by atoms with Crippen LogP contribution in [0, 0.1) is 25.5 Å². The number of hydrogen-bond acceptors (Lipinski definition) is 3. The van der Waals surface area contributed by atoms with Crippen molar-refractivity contribution in [2.24, 2.45) is 0 Å². The van der Waals surface area contributed by atoms with Crippen molar-refractivity contribution in [1.29, 1.82) is 0 Å². The van der Waals surface area contributed by atoms with E-state index in [4.69, 9.17) is 0 Å². The van der Waals surface area contributed by atoms with Gasteiger partial charge in [-0.25, -0.2) is 8.78 Å². The number of hydrogen-bond donors (Lipinski definition) is 2. The smallest absolute Gasteiger partial charge is 0.256 e. The number of halogens is 2. The predicted molar refractivity (Wildman–Crippen MR) is 148 cm³/mol. The van der Waals surface area contributed by atoms with Crippen LogP contribution in [0.4, 0.5) is 14.5 Å². The van der Waals surface area contributed by atoms with Crippen molar-refractivity contribution in [3.05, 3.63) is 76.1 Å². The first kappa shape index (κ1) is 25.5. The standard InChI is InChI=1S/C31H32F2N4O2/c1-18-26(34-19(2)27(18)31(39)37-15-11-20(12-16-37)36-13-3-4-14-36)17-23-28-21(7-6-10-25(28)35-30(23)38)22-8-5-9-24(32)29(22)33/h5-10,17,20,34H,3-4,11-16H2,1-2H3,(H,35,38)/b23-17-. The van der Waals surface area contributed by atoms with Crippen LogP contribution in [0.15, 0.2) is 36.4 Å². The Bertz CT molecular complexity index is 1490. The van der Waals surface area contributed by atoms with Crippen molar-refractivity contribution in [1.82, 2.24) is 14.8 Å². The number of likely N-dealkylation sites (tertiary alicyclic amines) is 2. The fourth-order valence-corrected chi connectivity index (χ4v) is 6.41. The number of piperidine rings is 1. The van der Waals surface area contributed by atoms with Crippen molar-refractivity contribution in [3.8, 4) is 11.1 Å². The van der Waals surface area contributed by atoms with Gasteiger partial charge in [-0.05, 0) is 82.0 Å². The Labute approximate surface area is 226 Å². The number of anilines is 1. The zero-order valence-electron chi connectivity index (χ0n) is 22.2. The van der Waals surface area contributed by atoms with Gasteiger partial charge in [0.15, 0.2) is 11.6 Å². The molecule has 0 atom stereocenters. The van der Waals surface area contributed by atoms with Crippen LogP contribution in [0.25, 0.3) is 22.8 Å². The van der Waals surface area contributed by atoms with Crippen LogP contribution in [-0.2, 0) is 4.79 Å². The second kappa shape index (κ2) is 10.1. The highest BCUT2D eigenvalue weighted by Crippen LogP contribution is 2.41. The van der Waals surface area contributed by atoms with E-state index in [0.717, 1.165) is 56.3 Å². The zero-order chi connectivity index (χ0) is 27.3. The number of aromatic nitrogens is 1. The summed E-state index contributed by atoms with van der Waals surface area (Å²) >= 11 is 0. The molecule has 0 bridgehead atoms. The first-order valence-electron chi connectivity index (χ1n) is 13.7. The Morgan fingerprint density at radius 2 is 1.67 bits per heavy atom. The molecule has 2 aromatic carbocycles. The molecular formula is C31H32F2N4O2. The summed E-state index contributed by atoms with van der Waals surface area (Å²) in [6.07, 6.45) is 6.21. The summed E-state index contributed by atoms with van der Waals surface area (Å²) in [4.78, 5) is 34.5. The monoisotopic (exact) mass is 530 g/mol. The topological polar surface area (TPSA) is 68.4 Å². The third-order valence-electron chi connectivity index (χ3n) is 8.46. The summed E-state index contributed by atoms with van der Waals surface area (Å²) < 4.78 is 28.8. The molecule has 8 heteroatoms. The van der Waals surface area contributed by atoms with Crippen molar-refractivity contribution in [3.63, 3.8) is 0 Å². The van der Waals surface area contributed by atoms with Gasteiger partial charge in [0.25, 0.3) is 11.8 Å². The average Bonchev–Trinajstić information content (AvgIpc) is 3.64. The number of rotatable bonds is 4. The van der Waals surface area contributed by atoms with Crippen LogP contribution in [0.1, 0.15) is 58.6 Å². The quantitative estimate of drug-likeness (QED) is 0.421. The maximum Gasteiger partial charge on any atom is 0.256 e. The van der Waals surface area contributed by atoms with E-state index >= 15 is 0 Å². The number of aryl methyl sites for hydroxylation is 1. The molecule has 2 amide bonds. The van der Waals surface area contributed by atoms with Crippen LogP contribution in [0.2, 0.25) is 0 Å². The number of carbonyl (C=O) groups is 2. The largest absolute Gasteiger partial charge is 0.358 e. The molecule has 6 rings (SSSR count). The summed E-state index contributed by atoms with van der Waals surface area (Å²) in [6, 6.07) is 9.70. The van der Waals surface area contributed by atoms with Crippen molar-refractivity contribution in [2.75, 3.05) is 31.5 Å². The van der Waals surface area contributed by atoms with Crippen LogP contribution in [-0.4, -0.2) is 58.8 Å². The summed E-state index contributed by atoms with van der Waals surface area (Å²) in [5, 5.41) is 2.84. The maximum atomic E-state index is 14.8. The van der Waals surface area contributed by atoms with Crippen LogP contribution in [0.3, 0.4) is 0 Å². The molecule has 2 N–H and O–H groups in total. The predicted octanol–water partition coefficient (Wildman–Crippen LogP) is 5.77. The average molecular weight is 531 g/mol. The molecule has 1 aromatic heterocycles. The lowest BCUT2D eigenvalue weighted by Crippen LogP contribution is -2.46. The highest BCUT2D eigenvalue weighted by Gasteiger charge is 2.32. The van der Waals surface area contributed by atoms with Gasteiger partial charge in [-0.15, -0.1) is 0 Å². The van der Waals surface area contributed by atoms with Gasteiger partial charge < -0.3 is 20.1 Å². The lowest BCUT2D eigenvalue weighted by Gasteiger charge is -2.36. The number of carbonyl (C=O) groups excluding carboxylic acids is 2. The molecule has 3 aliphatic rings. The number of nitrogens with zero attached hydrogens (tertiary/aromatic N) is 2. The first-order valence-corrected chi connectivity index (χ1v) is 13.7. The third kappa shape index (κ3) is 4.46. The molecule has 0 spiro atoms. The van der Waals surface area contributed by atoms with Gasteiger partial charge >= 0.3 is 0 Å². The van der Waals surface area contributed by atoms with E-state index in [1.165, 1.54) is 25.0 Å². The van der Waals surface area contributed by atoms with E-state index in [1.807, 2.05) is 18.7 Å². The second-order valence-electron chi connectivity index (χ2n) is 10.8. The van der Waals surface area contributed by atoms with E-state index in [-0.39, 0.29) is 17.4 Å². The molecule has 6 nitrogen and oxygen atoms in total. The number of nitrogens with one attached hydrogen (secondary N) is 2. The second-order valence-corrected chi connectivity index (χ2v) is 10.8. The Morgan fingerprint density at radius 3 is 2.41 bits per heavy atom. The SMILES string of the molecule is Cc1[nH]c(/C=C2\C(=O)Nc3cccc(-c4cccc(F)c4F)c32)c(C)c1C(=O)N1CCC(N2CCCC2)CC1. The van der Waals surface area contributed by atoms with Crippen LogP contribution < -0.4 is 5.32 Å². The van der Waals surface area contributed by atoms with E-state index in [1.54, 1.807) is 24.3 Å². The maximum absolute atomic E-state index is 14.8. The Balaban J connectivity index is 1.31. The van der Waals surface area contributed by atoms with E-state index in [0.29, 0.717) is 39.7 Å². The molecule has 0 aliphatic carbocycles. The summed E-state index contributed by atoms with van der Waals surface area (Å²) in [5.74, 6) is -2.24. The lowest BCUT2D eigenvalue weighted by molar-refractivity contribution is -0.110. The van der Waals surface area contributed by atoms with Crippen molar-refractivity contribution < 1.29 is 18.4 Å². The number of benzene rings is 2. The Hall–Kier alpha value is -3.78. The fraction of sp³-hybridized carbons (Fsp3) is 0.355. The lowest BCUT2D eigenvalue weighted by atomic mass is 9.93. The highest BCUT2D eigenvalue weighted by atomic mass is 19.2. The highest BCUT2D eigenvalue weighted by molar-refractivity contribution is 6.36. The Kier molecular flexibility index (Phi) is 6.59. The van der Waals surface area contributed by atoms with E-state index in [2.05, 4.69) is 15.2 Å². The molecule has 202 valence electrons. The molecule has 2 saturated heterocycles. The number of fused-ring (bicyclic) bond motifs is 1. The summed E-state index contributed by atoms with van der Waals surface area (Å²) in [7, 11) is 0. The minimum atomic E-state index is -0.960. The molecule has 2 fully saturated rings. The molecule has 3 aliphatic heterocycles. The van der Waals surface area contributed by atoms with Crippen molar-refractivity contribution >= 4 is 29.2 Å². The molecule has 3 aromatic rings. The van der Waals surface area contributed by atoms with Gasteiger partial charge in [-0.1, -0.05) is 24.3 Å². The first-order chi connectivity index (χ1) is 18.8. The number of H-pyrrole nitrogens is 1. The van der Waals surface area contributed by atoms with Gasteiger partial charge in [-0.3, -0.25) is 9.59 Å². The Morgan fingerprint density at radius 1 is 0.974 bits per heavy atom.